The normalized spacial score (nSPS) is 24.0. The van der Waals surface area contributed by atoms with Crippen molar-refractivity contribution in [3.05, 3.63) is 47.8 Å². The summed E-state index contributed by atoms with van der Waals surface area (Å²) in [7, 11) is -3.77. The van der Waals surface area contributed by atoms with E-state index in [1.165, 1.54) is 0 Å². The van der Waals surface area contributed by atoms with E-state index in [0.717, 1.165) is 31.1 Å². The van der Waals surface area contributed by atoms with Crippen LogP contribution in [-0.2, 0) is 35.1 Å². The second-order valence-electron chi connectivity index (χ2n) is 7.66. The quantitative estimate of drug-likeness (QED) is 0.429. The van der Waals surface area contributed by atoms with Gasteiger partial charge in [0.2, 0.25) is 0 Å². The Labute approximate surface area is 184 Å². The molecular weight excluding hydrogens is 445 g/mol. The highest BCUT2D eigenvalue weighted by Crippen LogP contribution is 2.34. The fourth-order valence-corrected chi connectivity index (χ4v) is 3.98. The van der Waals surface area contributed by atoms with E-state index in [1.54, 1.807) is 35.1 Å². The third-order valence-corrected chi connectivity index (χ3v) is 5.74. The molecule has 174 valence electrons. The SMILES string of the molecule is CS(=O)(=O)OCC1OC(=O)N(F)C1c1ccc(-n2cc(COC3CCCCO3)cn2)cc1. The third-order valence-electron chi connectivity index (χ3n) is 5.18. The molecule has 2 aliphatic rings. The van der Waals surface area contributed by atoms with E-state index in [9.17, 15) is 17.7 Å². The predicted molar refractivity (Wildman–Crippen MR) is 109 cm³/mol. The molecule has 0 bridgehead atoms. The summed E-state index contributed by atoms with van der Waals surface area (Å²) in [4.78, 5) is 11.6. The van der Waals surface area contributed by atoms with Crippen LogP contribution in [0.15, 0.2) is 36.7 Å². The molecule has 2 saturated heterocycles. The van der Waals surface area contributed by atoms with Crippen LogP contribution in [0, 0.1) is 0 Å². The third kappa shape index (κ3) is 5.44. The highest BCUT2D eigenvalue weighted by molar-refractivity contribution is 7.85. The first-order valence-corrected chi connectivity index (χ1v) is 12.0. The number of hydrogen-bond donors (Lipinski definition) is 0. The number of rotatable bonds is 8. The van der Waals surface area contributed by atoms with Crippen LogP contribution in [0.1, 0.15) is 36.4 Å². The monoisotopic (exact) mass is 469 g/mol. The molecule has 2 aliphatic heterocycles. The van der Waals surface area contributed by atoms with Crippen LogP contribution in [0.25, 0.3) is 5.69 Å². The van der Waals surface area contributed by atoms with Crippen LogP contribution in [0.3, 0.4) is 0 Å². The summed E-state index contributed by atoms with van der Waals surface area (Å²) in [5, 5.41) is 4.25. The number of carbonyl (C=O) groups excluding carboxylic acids is 1. The van der Waals surface area contributed by atoms with E-state index in [-0.39, 0.29) is 11.4 Å². The lowest BCUT2D eigenvalue weighted by atomic mass is 10.0. The topological polar surface area (TPSA) is 109 Å². The molecule has 0 radical (unpaired) electrons. The van der Waals surface area contributed by atoms with E-state index < -0.39 is 35.0 Å². The van der Waals surface area contributed by atoms with Gasteiger partial charge >= 0.3 is 6.09 Å². The van der Waals surface area contributed by atoms with Crippen molar-refractivity contribution < 1.29 is 36.1 Å². The first-order chi connectivity index (χ1) is 15.3. The van der Waals surface area contributed by atoms with Gasteiger partial charge in [0, 0.05) is 18.4 Å². The van der Waals surface area contributed by atoms with Gasteiger partial charge in [-0.2, -0.15) is 13.5 Å². The number of aromatic nitrogens is 2. The Balaban J connectivity index is 1.42. The van der Waals surface area contributed by atoms with Gasteiger partial charge in [-0.3, -0.25) is 4.18 Å². The van der Waals surface area contributed by atoms with Crippen molar-refractivity contribution >= 4 is 16.2 Å². The number of nitrogens with zero attached hydrogens (tertiary/aromatic N) is 3. The first-order valence-electron chi connectivity index (χ1n) is 10.2. The second kappa shape index (κ2) is 9.53. The van der Waals surface area contributed by atoms with Crippen molar-refractivity contribution in [1.82, 2.24) is 14.9 Å². The Bertz CT molecular complexity index is 1040. The van der Waals surface area contributed by atoms with Crippen LogP contribution in [0.5, 0.6) is 0 Å². The largest absolute Gasteiger partial charge is 0.439 e. The predicted octanol–water partition coefficient (Wildman–Crippen LogP) is 2.64. The maximum Gasteiger partial charge on any atom is 0.439 e. The zero-order chi connectivity index (χ0) is 22.7. The van der Waals surface area contributed by atoms with Gasteiger partial charge in [-0.1, -0.05) is 16.6 Å². The minimum absolute atomic E-state index is 0.0675. The van der Waals surface area contributed by atoms with E-state index >= 15 is 0 Å². The van der Waals surface area contributed by atoms with Crippen molar-refractivity contribution in [3.63, 3.8) is 0 Å². The molecule has 2 fully saturated rings. The van der Waals surface area contributed by atoms with Gasteiger partial charge in [-0.15, -0.1) is 5.12 Å². The molecule has 1 amide bonds. The van der Waals surface area contributed by atoms with Gasteiger partial charge in [0.15, 0.2) is 12.4 Å². The standard InChI is InChI=1S/C20H24FN3O7S/c1-32(26,27)30-13-17-19(24(21)20(25)31-17)15-5-7-16(8-6-15)23-11-14(10-22-23)12-29-18-4-2-3-9-28-18/h5-8,10-11,17-19H,2-4,9,12-13H2,1H3. The summed E-state index contributed by atoms with van der Waals surface area (Å²) in [5.74, 6) is 0. The molecule has 10 nitrogen and oxygen atoms in total. The van der Waals surface area contributed by atoms with Crippen molar-refractivity contribution in [1.29, 1.82) is 0 Å². The van der Waals surface area contributed by atoms with Gasteiger partial charge in [-0.05, 0) is 37.0 Å². The minimum atomic E-state index is -3.77. The Morgan fingerprint density at radius 1 is 1.25 bits per heavy atom. The number of amides is 1. The van der Waals surface area contributed by atoms with Gasteiger partial charge < -0.3 is 14.2 Å². The highest BCUT2D eigenvalue weighted by Gasteiger charge is 2.44. The fraction of sp³-hybridized carbons (Fsp3) is 0.500. The van der Waals surface area contributed by atoms with Crippen molar-refractivity contribution in [3.8, 4) is 5.69 Å². The van der Waals surface area contributed by atoms with Gasteiger partial charge in [0.1, 0.15) is 12.6 Å². The average molecular weight is 469 g/mol. The Hall–Kier alpha value is -2.54. The molecule has 3 unspecified atom stereocenters. The zero-order valence-electron chi connectivity index (χ0n) is 17.4. The molecule has 0 saturated carbocycles. The van der Waals surface area contributed by atoms with Crippen molar-refractivity contribution in [2.75, 3.05) is 19.5 Å². The van der Waals surface area contributed by atoms with Crippen LogP contribution in [0.4, 0.5) is 9.28 Å². The fourth-order valence-electron chi connectivity index (χ4n) is 3.60. The van der Waals surface area contributed by atoms with E-state index in [1.807, 2.05) is 6.20 Å². The number of benzene rings is 1. The summed E-state index contributed by atoms with van der Waals surface area (Å²) in [6.07, 6.45) is 4.92. The van der Waals surface area contributed by atoms with E-state index in [2.05, 4.69) is 5.10 Å². The Morgan fingerprint density at radius 3 is 2.72 bits per heavy atom. The molecule has 4 rings (SSSR count). The average Bonchev–Trinajstić information content (AvgIpc) is 3.36. The highest BCUT2D eigenvalue weighted by atomic mass is 32.2. The maximum atomic E-state index is 14.3. The first kappa shape index (κ1) is 22.6. The van der Waals surface area contributed by atoms with Crippen molar-refractivity contribution in [2.24, 2.45) is 0 Å². The molecule has 0 N–H and O–H groups in total. The number of ether oxygens (including phenoxy) is 3. The summed E-state index contributed by atoms with van der Waals surface area (Å²) in [6, 6.07) is 5.53. The molecule has 2 aromatic rings. The molecule has 1 aromatic carbocycles. The van der Waals surface area contributed by atoms with Gasteiger partial charge in [-0.25, -0.2) is 9.48 Å². The minimum Gasteiger partial charge on any atom is -0.439 e. The zero-order valence-corrected chi connectivity index (χ0v) is 18.2. The molecule has 3 heterocycles. The smallest absolute Gasteiger partial charge is 0.439 e. The number of hydrogen-bond acceptors (Lipinski definition) is 8. The summed E-state index contributed by atoms with van der Waals surface area (Å²) < 4.78 is 59.4. The maximum absolute atomic E-state index is 14.3. The van der Waals surface area contributed by atoms with Crippen LogP contribution in [-0.4, -0.2) is 61.3 Å². The second-order valence-corrected chi connectivity index (χ2v) is 9.30. The summed E-state index contributed by atoms with van der Waals surface area (Å²) in [6.45, 7) is 0.610. The molecular formula is C20H24FN3O7S. The van der Waals surface area contributed by atoms with E-state index in [0.29, 0.717) is 24.5 Å². The van der Waals surface area contributed by atoms with Gasteiger partial charge in [0.05, 0.1) is 24.7 Å². The van der Waals surface area contributed by atoms with Gasteiger partial charge in [0.25, 0.3) is 10.1 Å². The molecule has 3 atom stereocenters. The number of halogens is 1. The number of cyclic esters (lactones) is 1. The van der Waals surface area contributed by atoms with Crippen LogP contribution in [0.2, 0.25) is 0 Å². The lowest BCUT2D eigenvalue weighted by Crippen LogP contribution is -2.27. The molecule has 0 spiro atoms. The van der Waals surface area contributed by atoms with E-state index in [4.69, 9.17) is 18.4 Å². The molecule has 12 heteroatoms. The summed E-state index contributed by atoms with van der Waals surface area (Å²) in [5.41, 5.74) is 2.02. The number of carbonyl (C=O) groups is 1. The van der Waals surface area contributed by atoms with Crippen LogP contribution < -0.4 is 0 Å². The molecule has 0 aliphatic carbocycles. The van der Waals surface area contributed by atoms with Crippen molar-refractivity contribution in [2.45, 2.75) is 44.3 Å². The van der Waals surface area contributed by atoms with Crippen LogP contribution >= 0.6 is 0 Å². The lowest BCUT2D eigenvalue weighted by Gasteiger charge is -2.22. The molecule has 32 heavy (non-hydrogen) atoms. The summed E-state index contributed by atoms with van der Waals surface area (Å²) >= 11 is 0. The lowest BCUT2D eigenvalue weighted by molar-refractivity contribution is -0.168. The Morgan fingerprint density at radius 2 is 2.03 bits per heavy atom. The Kier molecular flexibility index (Phi) is 6.74. The molecule has 1 aromatic heterocycles.